The zero-order valence-electron chi connectivity index (χ0n) is 15.2. The predicted molar refractivity (Wildman–Crippen MR) is 104 cm³/mol. The van der Waals surface area contributed by atoms with Gasteiger partial charge in [0, 0.05) is 12.1 Å². The van der Waals surface area contributed by atoms with E-state index in [1.807, 2.05) is 0 Å². The van der Waals surface area contributed by atoms with Crippen molar-refractivity contribution in [2.45, 2.75) is 23.2 Å². The molecule has 2 aromatic rings. The smallest absolute Gasteiger partial charge is 0.310 e. The summed E-state index contributed by atoms with van der Waals surface area (Å²) in [4.78, 5) is 9.68. The monoisotopic (exact) mass is 507 g/mol. The molecule has 1 aromatic heterocycles. The molecule has 1 heterocycles. The number of carbonyl (C=O) groups is 1. The quantitative estimate of drug-likeness (QED) is 0.476. The number of aromatic nitrogens is 2. The molecule has 6 nitrogen and oxygen atoms in total. The minimum atomic E-state index is -10.1. The molecule has 1 amide bonds. The molecule has 0 radical (unpaired) electrons. The van der Waals surface area contributed by atoms with Gasteiger partial charge in [0.25, 0.3) is 0 Å². The number of amides is 1. The zero-order valence-corrected chi connectivity index (χ0v) is 17.6. The maximum Gasteiger partial charge on any atom is 0.310 e. The summed E-state index contributed by atoms with van der Waals surface area (Å²) in [5.41, 5.74) is 3.34. The van der Waals surface area contributed by atoms with Gasteiger partial charge in [-0.05, 0) is 25.0 Å². The van der Waals surface area contributed by atoms with Crippen molar-refractivity contribution in [3.63, 3.8) is 0 Å². The Balaban J connectivity index is 2.31. The van der Waals surface area contributed by atoms with Crippen molar-refractivity contribution >= 4 is 45.2 Å². The van der Waals surface area contributed by atoms with Crippen LogP contribution in [-0.2, 0) is 10.2 Å². The fourth-order valence-corrected chi connectivity index (χ4v) is 4.61. The first-order chi connectivity index (χ1) is 14.1. The topological polar surface area (TPSA) is 96.7 Å². The molecule has 0 spiro atoms. The van der Waals surface area contributed by atoms with Gasteiger partial charge >= 0.3 is 10.2 Å². The average molecular weight is 508 g/mol. The number of nitrogens with two attached hydrogens (primary N) is 1. The van der Waals surface area contributed by atoms with E-state index < -0.39 is 48.8 Å². The molecule has 0 unspecified atom stereocenters. The summed E-state index contributed by atoms with van der Waals surface area (Å²) in [6, 6.07) is 1.70. The summed E-state index contributed by atoms with van der Waals surface area (Å²) in [6.45, 7) is -1.24. The van der Waals surface area contributed by atoms with Gasteiger partial charge in [-0.3, -0.25) is 4.79 Å². The van der Waals surface area contributed by atoms with Gasteiger partial charge in [-0.1, -0.05) is 42.6 Å². The molecule has 15 heteroatoms. The fraction of sp³-hybridized carbons (Fsp3) is 0.312. The predicted octanol–water partition coefficient (Wildman–Crippen LogP) is 5.61. The number of carbonyl (C=O) groups excluding carboxylic acids is 1. The number of nitriles is 1. The van der Waals surface area contributed by atoms with E-state index in [0.717, 1.165) is 4.68 Å². The second-order valence-corrected chi connectivity index (χ2v) is 10.1. The van der Waals surface area contributed by atoms with E-state index in [-0.39, 0.29) is 48.6 Å². The van der Waals surface area contributed by atoms with Gasteiger partial charge in [0.15, 0.2) is 5.69 Å². The Morgan fingerprint density at radius 1 is 1.26 bits per heavy atom. The Morgan fingerprint density at radius 2 is 1.81 bits per heavy atom. The molecule has 1 fully saturated rings. The lowest BCUT2D eigenvalue weighted by Crippen LogP contribution is -2.30. The number of hydrogen-bond donors (Lipinski definition) is 2. The highest BCUT2D eigenvalue weighted by Crippen LogP contribution is 3.02. The number of hydrogen-bond acceptors (Lipinski definition) is 4. The van der Waals surface area contributed by atoms with E-state index in [1.54, 1.807) is 6.07 Å². The van der Waals surface area contributed by atoms with Crippen molar-refractivity contribution < 1.29 is 28.6 Å². The summed E-state index contributed by atoms with van der Waals surface area (Å²) < 4.78 is 79.5. The molecule has 3 rings (SSSR count). The van der Waals surface area contributed by atoms with Crippen LogP contribution < -0.4 is 11.1 Å². The molecular formula is C16H13Cl2F6N5OS. The molecule has 1 aliphatic rings. The summed E-state index contributed by atoms with van der Waals surface area (Å²) in [5.74, 6) is -0.949. The van der Waals surface area contributed by atoms with Gasteiger partial charge in [0.05, 0.1) is 15.5 Å². The number of benzene rings is 1. The lowest BCUT2D eigenvalue weighted by molar-refractivity contribution is -0.120. The molecular weight excluding hydrogens is 495 g/mol. The highest BCUT2D eigenvalue weighted by atomic mass is 35.5. The molecule has 1 aromatic carbocycles. The highest BCUT2D eigenvalue weighted by molar-refractivity contribution is 8.45. The van der Waals surface area contributed by atoms with Crippen molar-refractivity contribution in [3.05, 3.63) is 33.4 Å². The zero-order chi connectivity index (χ0) is 23.5. The van der Waals surface area contributed by atoms with Gasteiger partial charge in [-0.2, -0.15) is 10.4 Å². The van der Waals surface area contributed by atoms with Crippen LogP contribution >= 0.6 is 33.4 Å². The number of nitrogens with one attached hydrogen (secondary N) is 1. The number of alkyl halides is 1. The van der Waals surface area contributed by atoms with Crippen molar-refractivity contribution in [1.29, 1.82) is 5.26 Å². The summed E-state index contributed by atoms with van der Waals surface area (Å²) >= 11 is 11.7. The van der Waals surface area contributed by atoms with E-state index in [4.69, 9.17) is 28.9 Å². The minimum Gasteiger partial charge on any atom is -0.369 e. The number of halogens is 8. The second kappa shape index (κ2) is 6.60. The molecule has 3 N–H and O–H groups in total. The maximum absolute atomic E-state index is 13.2. The normalized spacial score (nSPS) is 17.4. The second-order valence-electron chi connectivity index (χ2n) is 6.86. The molecule has 0 atom stereocenters. The Bertz CT molecular complexity index is 1120. The van der Waals surface area contributed by atoms with Crippen LogP contribution in [0.25, 0.3) is 5.69 Å². The first-order valence-electron chi connectivity index (χ1n) is 8.42. The lowest BCUT2D eigenvalue weighted by atomic mass is 9.94. The van der Waals surface area contributed by atoms with Gasteiger partial charge in [0.1, 0.15) is 29.1 Å². The standard InChI is InChI=1S/C16H13Cl2F6N5OS/c17-9-5-8(31(20,21,22,23)24)6-10(18)13(9)29-14(27-4-3-19)12(11(7-25)28-29)16(1-2-16)15(26)30/h5-6,27H,1-4H2,(H2,26,30). The summed E-state index contributed by atoms with van der Waals surface area (Å²) in [6.07, 6.45) is 0.495. The largest absolute Gasteiger partial charge is 0.369 e. The number of anilines is 1. The third-order valence-electron chi connectivity index (χ3n) is 4.73. The van der Waals surface area contributed by atoms with Crippen LogP contribution in [0.15, 0.2) is 17.0 Å². The van der Waals surface area contributed by atoms with Gasteiger partial charge in [-0.25, -0.2) is 9.07 Å². The van der Waals surface area contributed by atoms with Crippen molar-refractivity contribution in [2.24, 2.45) is 5.73 Å². The summed E-state index contributed by atoms with van der Waals surface area (Å²) in [5, 5.41) is 14.3. The number of primary amides is 1. The van der Waals surface area contributed by atoms with E-state index in [2.05, 4.69) is 10.4 Å². The minimum absolute atomic E-state index is 0.000117. The molecule has 1 aliphatic carbocycles. The number of nitrogens with zero attached hydrogens (tertiary/aromatic N) is 3. The fourth-order valence-electron chi connectivity index (χ4n) is 3.15. The van der Waals surface area contributed by atoms with Crippen LogP contribution in [0.2, 0.25) is 10.0 Å². The molecule has 0 bridgehead atoms. The average Bonchev–Trinajstić information content (AvgIpc) is 3.34. The Kier molecular flexibility index (Phi) is 4.97. The Morgan fingerprint density at radius 3 is 2.19 bits per heavy atom. The van der Waals surface area contributed by atoms with Crippen molar-refractivity contribution in [2.75, 3.05) is 18.5 Å². The first-order valence-corrected chi connectivity index (χ1v) is 11.1. The van der Waals surface area contributed by atoms with E-state index in [9.17, 15) is 33.9 Å². The van der Waals surface area contributed by atoms with Crippen molar-refractivity contribution in [1.82, 2.24) is 9.78 Å². The van der Waals surface area contributed by atoms with Crippen molar-refractivity contribution in [3.8, 4) is 11.8 Å². The highest BCUT2D eigenvalue weighted by Gasteiger charge is 2.65. The lowest BCUT2D eigenvalue weighted by Gasteiger charge is -2.40. The Hall–Kier alpha value is -2.30. The SMILES string of the molecule is N#Cc1nn(-c2c(Cl)cc(S(F)(F)(F)(F)F)cc2Cl)c(NCCF)c1C1(C(N)=O)CC1. The molecule has 0 aliphatic heterocycles. The maximum atomic E-state index is 13.2. The molecule has 0 saturated heterocycles. The third-order valence-corrected chi connectivity index (χ3v) is 6.43. The van der Waals surface area contributed by atoms with Gasteiger partial charge in [-0.15, -0.1) is 0 Å². The van der Waals surface area contributed by atoms with Crippen LogP contribution in [-0.4, -0.2) is 28.9 Å². The Labute approximate surface area is 181 Å². The van der Waals surface area contributed by atoms with E-state index in [1.165, 1.54) is 0 Å². The summed E-state index contributed by atoms with van der Waals surface area (Å²) in [7, 11) is -10.1. The van der Waals surface area contributed by atoms with Crippen LogP contribution in [0, 0.1) is 11.3 Å². The third kappa shape index (κ3) is 4.11. The van der Waals surface area contributed by atoms with Crippen LogP contribution in [0.5, 0.6) is 0 Å². The van der Waals surface area contributed by atoms with Crippen LogP contribution in [0.4, 0.5) is 29.6 Å². The molecule has 170 valence electrons. The first kappa shape index (κ1) is 23.4. The molecule has 1 saturated carbocycles. The van der Waals surface area contributed by atoms with Gasteiger partial charge < -0.3 is 11.1 Å². The van der Waals surface area contributed by atoms with Crippen LogP contribution in [0.1, 0.15) is 24.1 Å². The molecule has 31 heavy (non-hydrogen) atoms. The van der Waals surface area contributed by atoms with Crippen LogP contribution in [0.3, 0.4) is 0 Å². The van der Waals surface area contributed by atoms with E-state index in [0.29, 0.717) is 0 Å². The number of rotatable bonds is 7. The van der Waals surface area contributed by atoms with Gasteiger partial charge in [0.2, 0.25) is 5.91 Å². The van der Waals surface area contributed by atoms with E-state index >= 15 is 0 Å².